The van der Waals surface area contributed by atoms with E-state index in [2.05, 4.69) is 4.98 Å². The molecule has 0 amide bonds. The molecule has 1 aromatic heterocycles. The summed E-state index contributed by atoms with van der Waals surface area (Å²) in [5.74, 6) is 0. The Kier molecular flexibility index (Phi) is 1.59. The van der Waals surface area contributed by atoms with Gasteiger partial charge in [0.1, 0.15) is 6.29 Å². The Labute approximate surface area is 71.3 Å². The van der Waals surface area contributed by atoms with Gasteiger partial charge in [-0.25, -0.2) is 0 Å². The molecule has 0 fully saturated rings. The maximum absolute atomic E-state index is 10.4. The SMILES string of the molecule is O=Cc1ccc2ncccc2c1.[H+]. The number of hydrogen-bond donors (Lipinski definition) is 0. The van der Waals surface area contributed by atoms with E-state index in [9.17, 15) is 4.79 Å². The van der Waals surface area contributed by atoms with Gasteiger partial charge in [-0.1, -0.05) is 6.07 Å². The third kappa shape index (κ3) is 1.07. The van der Waals surface area contributed by atoms with E-state index < -0.39 is 0 Å². The Morgan fingerprint density at radius 1 is 1.33 bits per heavy atom. The number of pyridine rings is 1. The van der Waals surface area contributed by atoms with Gasteiger partial charge in [0, 0.05) is 17.1 Å². The lowest BCUT2D eigenvalue weighted by molar-refractivity contribution is 0.112. The van der Waals surface area contributed by atoms with E-state index in [0.717, 1.165) is 17.2 Å². The summed E-state index contributed by atoms with van der Waals surface area (Å²) in [6.07, 6.45) is 2.58. The Morgan fingerprint density at radius 3 is 3.08 bits per heavy atom. The van der Waals surface area contributed by atoms with Gasteiger partial charge >= 0.3 is 1.43 Å². The number of rotatable bonds is 1. The number of carbonyl (C=O) groups excluding carboxylic acids is 1. The maximum Gasteiger partial charge on any atom is 1.00 e. The smallest absolute Gasteiger partial charge is 0.298 e. The molecule has 2 heteroatoms. The van der Waals surface area contributed by atoms with E-state index in [1.54, 1.807) is 12.3 Å². The van der Waals surface area contributed by atoms with E-state index >= 15 is 0 Å². The Hall–Kier alpha value is -1.70. The predicted octanol–water partition coefficient (Wildman–Crippen LogP) is 2.16. The lowest BCUT2D eigenvalue weighted by Crippen LogP contribution is -1.81. The van der Waals surface area contributed by atoms with Crippen molar-refractivity contribution in [3.05, 3.63) is 42.1 Å². The van der Waals surface area contributed by atoms with E-state index in [-0.39, 0.29) is 1.43 Å². The van der Waals surface area contributed by atoms with Crippen molar-refractivity contribution >= 4 is 17.2 Å². The molecule has 12 heavy (non-hydrogen) atoms. The number of fused-ring (bicyclic) bond motifs is 1. The average Bonchev–Trinajstić information content (AvgIpc) is 2.17. The van der Waals surface area contributed by atoms with Crippen molar-refractivity contribution in [2.24, 2.45) is 0 Å². The zero-order valence-corrected chi connectivity index (χ0v) is 6.40. The fourth-order valence-electron chi connectivity index (χ4n) is 1.17. The van der Waals surface area contributed by atoms with E-state index in [0.29, 0.717) is 5.56 Å². The highest BCUT2D eigenvalue weighted by molar-refractivity contribution is 5.86. The monoisotopic (exact) mass is 158 g/mol. The van der Waals surface area contributed by atoms with Crippen molar-refractivity contribution in [1.82, 2.24) is 4.98 Å². The second-order valence-electron chi connectivity index (χ2n) is 2.57. The first-order valence-corrected chi connectivity index (χ1v) is 3.70. The first-order chi connectivity index (χ1) is 5.90. The molecule has 0 radical (unpaired) electrons. The van der Waals surface area contributed by atoms with Gasteiger partial charge in [-0.15, -0.1) is 0 Å². The van der Waals surface area contributed by atoms with Crippen molar-refractivity contribution in [3.8, 4) is 0 Å². The van der Waals surface area contributed by atoms with Gasteiger partial charge in [0.25, 0.3) is 0 Å². The minimum absolute atomic E-state index is 0. The van der Waals surface area contributed by atoms with Crippen LogP contribution in [0.15, 0.2) is 36.5 Å². The molecule has 2 rings (SSSR count). The Bertz CT molecular complexity index is 428. The van der Waals surface area contributed by atoms with Crippen LogP contribution in [-0.4, -0.2) is 11.3 Å². The molecule has 0 aliphatic heterocycles. The van der Waals surface area contributed by atoms with Crippen molar-refractivity contribution < 1.29 is 6.22 Å². The highest BCUT2D eigenvalue weighted by Crippen LogP contribution is 2.11. The highest BCUT2D eigenvalue weighted by Gasteiger charge is 1.93. The standard InChI is InChI=1S/C10H7NO/c12-7-8-3-4-10-9(6-8)2-1-5-11-10/h1-7H/p+1. The molecule has 0 aliphatic carbocycles. The molecule has 0 aliphatic rings. The molecular weight excluding hydrogens is 150 g/mol. The van der Waals surface area contributed by atoms with E-state index in [4.69, 9.17) is 0 Å². The minimum Gasteiger partial charge on any atom is -0.298 e. The molecule has 2 aromatic rings. The molecule has 0 atom stereocenters. The normalized spacial score (nSPS) is 10.0. The van der Waals surface area contributed by atoms with Crippen LogP contribution in [0.1, 0.15) is 11.8 Å². The lowest BCUT2D eigenvalue weighted by Gasteiger charge is -1.95. The van der Waals surface area contributed by atoms with Gasteiger partial charge < -0.3 is 0 Å². The molecule has 0 saturated carbocycles. The number of aldehydes is 1. The summed E-state index contributed by atoms with van der Waals surface area (Å²) in [7, 11) is 0. The second kappa shape index (κ2) is 2.74. The minimum atomic E-state index is 0. The summed E-state index contributed by atoms with van der Waals surface area (Å²) in [5.41, 5.74) is 1.61. The van der Waals surface area contributed by atoms with Crippen molar-refractivity contribution in [3.63, 3.8) is 0 Å². The molecule has 1 heterocycles. The Morgan fingerprint density at radius 2 is 2.25 bits per heavy atom. The third-order valence-corrected chi connectivity index (χ3v) is 1.76. The first kappa shape index (κ1) is 6.98. The Balaban J connectivity index is 0.000000845. The number of hydrogen-bond acceptors (Lipinski definition) is 2. The number of nitrogens with zero attached hydrogens (tertiary/aromatic N) is 1. The molecular formula is C10H8NO+. The van der Waals surface area contributed by atoms with Crippen LogP contribution in [0.5, 0.6) is 0 Å². The predicted molar refractivity (Wildman–Crippen MR) is 48.2 cm³/mol. The number of carbonyl (C=O) groups is 1. The molecule has 0 saturated heterocycles. The van der Waals surface area contributed by atoms with Crippen LogP contribution in [0, 0.1) is 0 Å². The zero-order valence-electron chi connectivity index (χ0n) is 7.40. The molecule has 0 spiro atoms. The summed E-state index contributed by atoms with van der Waals surface area (Å²) < 4.78 is 0. The molecule has 0 bridgehead atoms. The molecule has 0 unspecified atom stereocenters. The molecule has 2 nitrogen and oxygen atoms in total. The summed E-state index contributed by atoms with van der Waals surface area (Å²) in [5, 5.41) is 1.00. The highest BCUT2D eigenvalue weighted by atomic mass is 16.1. The third-order valence-electron chi connectivity index (χ3n) is 1.76. The summed E-state index contributed by atoms with van der Waals surface area (Å²) in [4.78, 5) is 14.6. The molecule has 0 N–H and O–H groups in total. The van der Waals surface area contributed by atoms with Crippen molar-refractivity contribution in [2.75, 3.05) is 0 Å². The average molecular weight is 158 g/mol. The van der Waals surface area contributed by atoms with Crippen LogP contribution in [-0.2, 0) is 0 Å². The van der Waals surface area contributed by atoms with Crippen LogP contribution >= 0.6 is 0 Å². The van der Waals surface area contributed by atoms with E-state index in [1.165, 1.54) is 0 Å². The second-order valence-corrected chi connectivity index (χ2v) is 2.57. The fraction of sp³-hybridized carbons (Fsp3) is 0. The zero-order chi connectivity index (χ0) is 8.39. The van der Waals surface area contributed by atoms with Gasteiger partial charge in [0.2, 0.25) is 0 Å². The van der Waals surface area contributed by atoms with Crippen LogP contribution in [0.25, 0.3) is 10.9 Å². The van der Waals surface area contributed by atoms with Crippen LogP contribution in [0.3, 0.4) is 0 Å². The quantitative estimate of drug-likeness (QED) is 0.595. The van der Waals surface area contributed by atoms with Crippen molar-refractivity contribution in [2.45, 2.75) is 0 Å². The van der Waals surface area contributed by atoms with Gasteiger partial charge in [0.15, 0.2) is 0 Å². The summed E-state index contributed by atoms with van der Waals surface area (Å²) >= 11 is 0. The molecule has 1 aromatic carbocycles. The van der Waals surface area contributed by atoms with Gasteiger partial charge in [-0.05, 0) is 24.3 Å². The van der Waals surface area contributed by atoms with Gasteiger partial charge in [-0.3, -0.25) is 9.78 Å². The van der Waals surface area contributed by atoms with Gasteiger partial charge in [0.05, 0.1) is 5.52 Å². The first-order valence-electron chi connectivity index (χ1n) is 3.70. The number of benzene rings is 1. The lowest BCUT2D eigenvalue weighted by atomic mass is 10.1. The van der Waals surface area contributed by atoms with Gasteiger partial charge in [-0.2, -0.15) is 0 Å². The van der Waals surface area contributed by atoms with Crippen LogP contribution in [0.4, 0.5) is 0 Å². The van der Waals surface area contributed by atoms with Crippen LogP contribution in [0.2, 0.25) is 0 Å². The summed E-state index contributed by atoms with van der Waals surface area (Å²) in [6.45, 7) is 0. The van der Waals surface area contributed by atoms with E-state index in [1.807, 2.05) is 24.3 Å². The molecule has 58 valence electrons. The fourth-order valence-corrected chi connectivity index (χ4v) is 1.17. The summed E-state index contributed by atoms with van der Waals surface area (Å²) in [6, 6.07) is 9.24. The maximum atomic E-state index is 10.4. The topological polar surface area (TPSA) is 30.0 Å². The largest absolute Gasteiger partial charge is 1.00 e. The number of aromatic nitrogens is 1. The van der Waals surface area contributed by atoms with Crippen molar-refractivity contribution in [1.29, 1.82) is 0 Å². The van der Waals surface area contributed by atoms with Crippen LogP contribution < -0.4 is 0 Å².